The summed E-state index contributed by atoms with van der Waals surface area (Å²) in [5.41, 5.74) is 0.392. The molecule has 1 aromatic carbocycles. The van der Waals surface area contributed by atoms with Crippen LogP contribution in [-0.4, -0.2) is 41.9 Å². The number of nitro groups is 1. The molecule has 208 valence electrons. The lowest BCUT2D eigenvalue weighted by Crippen LogP contribution is -2.28. The van der Waals surface area contributed by atoms with Crippen LogP contribution in [0.15, 0.2) is 23.1 Å². The Morgan fingerprint density at radius 1 is 1.03 bits per heavy atom. The van der Waals surface area contributed by atoms with Crippen molar-refractivity contribution in [3.63, 3.8) is 0 Å². The quantitative estimate of drug-likeness (QED) is 0.241. The molecule has 1 fully saturated rings. The molecule has 0 N–H and O–H groups in total. The van der Waals surface area contributed by atoms with Gasteiger partial charge < -0.3 is 18.9 Å². The van der Waals surface area contributed by atoms with Gasteiger partial charge in [0.2, 0.25) is 5.88 Å². The third kappa shape index (κ3) is 8.77. The molecule has 38 heavy (non-hydrogen) atoms. The summed E-state index contributed by atoms with van der Waals surface area (Å²) in [6.07, 6.45) is 9.52. The van der Waals surface area contributed by atoms with Crippen LogP contribution in [0.1, 0.15) is 76.0 Å². The molecule has 2 aromatic rings. The second-order valence-corrected chi connectivity index (χ2v) is 8.67. The monoisotopic (exact) mass is 529 g/mol. The number of nitro benzene ring substituents is 1. The fourth-order valence-electron chi connectivity index (χ4n) is 4.26. The number of rotatable bonds is 9. The van der Waals surface area contributed by atoms with Gasteiger partial charge in [0.25, 0.3) is 5.69 Å². The normalized spacial score (nSPS) is 13.6. The van der Waals surface area contributed by atoms with Crippen molar-refractivity contribution in [3.8, 4) is 29.2 Å². The van der Waals surface area contributed by atoms with Gasteiger partial charge >= 0.3 is 5.69 Å². The van der Waals surface area contributed by atoms with Crippen LogP contribution < -0.4 is 19.9 Å². The summed E-state index contributed by atoms with van der Waals surface area (Å²) in [6, 6.07) is 2.90. The number of methoxy groups -OCH3 is 2. The third-order valence-corrected chi connectivity index (χ3v) is 6.12. The van der Waals surface area contributed by atoms with Crippen molar-refractivity contribution in [1.29, 1.82) is 0 Å². The van der Waals surface area contributed by atoms with E-state index < -0.39 is 4.92 Å². The van der Waals surface area contributed by atoms with Gasteiger partial charge in [0.1, 0.15) is 19.8 Å². The fourth-order valence-corrected chi connectivity index (χ4v) is 4.26. The zero-order chi connectivity index (χ0) is 27.9. The second kappa shape index (κ2) is 16.3. The molecule has 3 rings (SSSR count). The topological polar surface area (TPSA) is 115 Å². The average Bonchev–Trinajstić information content (AvgIpc) is 2.90. The molecular formula is C28H39N3O7. The van der Waals surface area contributed by atoms with Crippen LogP contribution in [0, 0.1) is 28.9 Å². The molecule has 0 spiro atoms. The van der Waals surface area contributed by atoms with Crippen LogP contribution in [0.25, 0.3) is 0 Å². The van der Waals surface area contributed by atoms with Gasteiger partial charge in [-0.05, 0) is 25.8 Å². The largest absolute Gasteiger partial charge is 0.493 e. The van der Waals surface area contributed by atoms with Crippen LogP contribution in [-0.2, 0) is 11.3 Å². The first kappa shape index (κ1) is 30.6. The van der Waals surface area contributed by atoms with E-state index in [1.54, 1.807) is 10.8 Å². The molecule has 0 aliphatic heterocycles. The molecule has 0 radical (unpaired) electrons. The first-order valence-corrected chi connectivity index (χ1v) is 13.1. The smallest absolute Gasteiger partial charge is 0.351 e. The van der Waals surface area contributed by atoms with Crippen LogP contribution in [0.3, 0.4) is 0 Å². The van der Waals surface area contributed by atoms with Crippen LogP contribution in [0.4, 0.5) is 5.69 Å². The molecule has 1 aliphatic carbocycles. The Bertz CT molecular complexity index is 1160. The van der Waals surface area contributed by atoms with Crippen LogP contribution >= 0.6 is 0 Å². The molecule has 0 unspecified atom stereocenters. The van der Waals surface area contributed by atoms with Crippen molar-refractivity contribution in [2.24, 2.45) is 0 Å². The van der Waals surface area contributed by atoms with Gasteiger partial charge in [0.05, 0.1) is 23.7 Å². The zero-order valence-corrected chi connectivity index (χ0v) is 23.1. The van der Waals surface area contributed by atoms with Crippen molar-refractivity contribution in [2.75, 3.05) is 27.4 Å². The Hall–Kier alpha value is -3.58. The lowest BCUT2D eigenvalue weighted by Gasteiger charge is -2.22. The van der Waals surface area contributed by atoms with E-state index in [1.807, 2.05) is 20.8 Å². The fraction of sp³-hybridized carbons (Fsp3) is 0.571. The molecule has 0 saturated heterocycles. The Morgan fingerprint density at radius 3 is 2.32 bits per heavy atom. The van der Waals surface area contributed by atoms with E-state index in [0.717, 1.165) is 25.7 Å². The van der Waals surface area contributed by atoms with Crippen molar-refractivity contribution in [1.82, 2.24) is 9.55 Å². The maximum atomic E-state index is 12.8. The highest BCUT2D eigenvalue weighted by atomic mass is 16.6. The third-order valence-electron chi connectivity index (χ3n) is 6.12. The molecule has 1 aliphatic rings. The first-order valence-electron chi connectivity index (χ1n) is 13.1. The van der Waals surface area contributed by atoms with Crippen molar-refractivity contribution >= 4 is 5.69 Å². The van der Waals surface area contributed by atoms with E-state index in [1.165, 1.54) is 45.6 Å². The number of hydrogen-bond donors (Lipinski definition) is 0. The number of nitrogens with zero attached hydrogens (tertiary/aromatic N) is 3. The minimum absolute atomic E-state index is 0.0210. The summed E-state index contributed by atoms with van der Waals surface area (Å²) in [4.78, 5) is 28.2. The Balaban J connectivity index is 0.00000247. The minimum Gasteiger partial charge on any atom is -0.493 e. The van der Waals surface area contributed by atoms with Gasteiger partial charge in [-0.2, -0.15) is 4.98 Å². The summed E-state index contributed by atoms with van der Waals surface area (Å²) in [7, 11) is 2.97. The maximum absolute atomic E-state index is 12.8. The molecule has 10 heteroatoms. The summed E-state index contributed by atoms with van der Waals surface area (Å²) >= 11 is 0. The zero-order valence-electron chi connectivity index (χ0n) is 23.1. The minimum atomic E-state index is -0.519. The average molecular weight is 530 g/mol. The van der Waals surface area contributed by atoms with Crippen LogP contribution in [0.5, 0.6) is 17.4 Å². The number of ether oxygens (including phenoxy) is 4. The summed E-state index contributed by atoms with van der Waals surface area (Å²) in [5.74, 6) is 6.15. The van der Waals surface area contributed by atoms with E-state index in [9.17, 15) is 14.9 Å². The molecule has 10 nitrogen and oxygen atoms in total. The van der Waals surface area contributed by atoms with E-state index in [2.05, 4.69) is 16.8 Å². The lowest BCUT2D eigenvalue weighted by molar-refractivity contribution is -0.385. The van der Waals surface area contributed by atoms with E-state index in [4.69, 9.17) is 18.9 Å². The molecule has 0 amide bonds. The maximum Gasteiger partial charge on any atom is 0.351 e. The molecule has 1 saturated carbocycles. The van der Waals surface area contributed by atoms with Crippen LogP contribution in [0.2, 0.25) is 0 Å². The number of benzene rings is 1. The predicted molar refractivity (Wildman–Crippen MR) is 145 cm³/mol. The van der Waals surface area contributed by atoms with Gasteiger partial charge in [-0.15, -0.1) is 0 Å². The molecule has 1 aromatic heterocycles. The standard InChI is InChI=1S/C26H33N3O7.C2H6/c1-19-17-28(21-11-7-5-4-6-8-12-21)26(30)27-25(19)36-18-20-15-23(34-3)24(16-22(20)29(31)32)35-14-10-9-13-33-2;1-2/h15-17,21H,4-8,11-14,18H2,1-3H3;1-2H3. The number of aryl methyl sites for hydroxylation is 1. The second-order valence-electron chi connectivity index (χ2n) is 8.67. The SMILES string of the molecule is CC.COCC#CCOc1cc([N+](=O)[O-])c(COc2nc(=O)n(C3CCCCCCC3)cc2C)cc1OC. The van der Waals surface area contributed by atoms with Gasteiger partial charge in [-0.25, -0.2) is 4.79 Å². The highest BCUT2D eigenvalue weighted by molar-refractivity contribution is 5.54. The Morgan fingerprint density at radius 2 is 1.68 bits per heavy atom. The van der Waals surface area contributed by atoms with Gasteiger partial charge in [-0.1, -0.05) is 57.8 Å². The van der Waals surface area contributed by atoms with Gasteiger partial charge in [-0.3, -0.25) is 14.7 Å². The van der Waals surface area contributed by atoms with Crippen molar-refractivity contribution in [3.05, 3.63) is 50.1 Å². The predicted octanol–water partition coefficient (Wildman–Crippen LogP) is 5.39. The van der Waals surface area contributed by atoms with Crippen molar-refractivity contribution < 1.29 is 23.9 Å². The molecule has 0 atom stereocenters. The van der Waals surface area contributed by atoms with Crippen molar-refractivity contribution in [2.45, 2.75) is 78.4 Å². The summed E-state index contributed by atoms with van der Waals surface area (Å²) in [5, 5.41) is 11.7. The first-order chi connectivity index (χ1) is 18.4. The Kier molecular flexibility index (Phi) is 13.1. The highest BCUT2D eigenvalue weighted by Gasteiger charge is 2.22. The number of hydrogen-bond acceptors (Lipinski definition) is 8. The van der Waals surface area contributed by atoms with Gasteiger partial charge in [0, 0.05) is 24.9 Å². The summed E-state index contributed by atoms with van der Waals surface area (Å²) < 4.78 is 23.2. The summed E-state index contributed by atoms with van der Waals surface area (Å²) in [6.45, 7) is 5.93. The molecular weight excluding hydrogens is 490 g/mol. The molecule has 1 heterocycles. The van der Waals surface area contributed by atoms with Gasteiger partial charge in [0.15, 0.2) is 11.5 Å². The number of aromatic nitrogens is 2. The van der Waals surface area contributed by atoms with E-state index >= 15 is 0 Å². The van der Waals surface area contributed by atoms with E-state index in [0.29, 0.717) is 11.3 Å². The molecule has 0 bridgehead atoms. The highest BCUT2D eigenvalue weighted by Crippen LogP contribution is 2.35. The Labute approximate surface area is 224 Å². The lowest BCUT2D eigenvalue weighted by atomic mass is 9.96. The van der Waals surface area contributed by atoms with E-state index in [-0.39, 0.29) is 54.4 Å².